The van der Waals surface area contributed by atoms with Crippen molar-refractivity contribution in [1.29, 1.82) is 0 Å². The van der Waals surface area contributed by atoms with E-state index in [2.05, 4.69) is 35.6 Å². The normalized spacial score (nSPS) is 16.7. The molecule has 286 valence electrons. The fourth-order valence-electron chi connectivity index (χ4n) is 4.47. The molecule has 1 aromatic heterocycles. The molecule has 0 spiro atoms. The Hall–Kier alpha value is -5.53. The molecule has 1 aliphatic heterocycles. The van der Waals surface area contributed by atoms with Crippen LogP contribution in [0.2, 0.25) is 0 Å². The summed E-state index contributed by atoms with van der Waals surface area (Å²) in [6, 6.07) is 3.31. The van der Waals surface area contributed by atoms with Gasteiger partial charge in [-0.25, -0.2) is 29.0 Å². The maximum Gasteiger partial charge on any atom is 0.347 e. The Bertz CT molecular complexity index is 1820. The third kappa shape index (κ3) is 11.0. The number of benzene rings is 1. The second kappa shape index (κ2) is 18.3. The molecular formula is C33H38BrN5O14. The summed E-state index contributed by atoms with van der Waals surface area (Å²) in [6.07, 6.45) is -5.87. The number of aliphatic imine (C=N–C) groups is 1. The van der Waals surface area contributed by atoms with E-state index < -0.39 is 78.3 Å². The number of rotatable bonds is 13. The van der Waals surface area contributed by atoms with Crippen molar-refractivity contribution < 1.29 is 66.8 Å². The van der Waals surface area contributed by atoms with Gasteiger partial charge in [0.05, 0.1) is 15.7 Å². The van der Waals surface area contributed by atoms with E-state index in [-0.39, 0.29) is 25.0 Å². The molecule has 0 saturated carbocycles. The summed E-state index contributed by atoms with van der Waals surface area (Å²) in [5.74, 6) is -7.46. The number of halogens is 1. The quantitative estimate of drug-likeness (QED) is 0.207. The van der Waals surface area contributed by atoms with Gasteiger partial charge in [0.2, 0.25) is 11.9 Å². The zero-order valence-electron chi connectivity index (χ0n) is 30.0. The van der Waals surface area contributed by atoms with Crippen molar-refractivity contribution in [2.45, 2.75) is 92.0 Å². The lowest BCUT2D eigenvalue weighted by Gasteiger charge is -2.24. The van der Waals surface area contributed by atoms with E-state index in [1.807, 2.05) is 0 Å². The van der Waals surface area contributed by atoms with E-state index in [0.717, 1.165) is 27.7 Å². The van der Waals surface area contributed by atoms with Crippen molar-refractivity contribution in [3.05, 3.63) is 29.0 Å². The molecule has 6 atom stereocenters. The molecule has 2 heterocycles. The molecule has 19 nitrogen and oxygen atoms in total. The van der Waals surface area contributed by atoms with Crippen LogP contribution in [0.3, 0.4) is 0 Å². The predicted octanol–water partition coefficient (Wildman–Crippen LogP) is 1.68. The first-order valence-electron chi connectivity index (χ1n) is 16.1. The van der Waals surface area contributed by atoms with Gasteiger partial charge in [-0.3, -0.25) is 34.2 Å². The average molecular weight is 809 g/mol. The number of hydrogen-bond donors (Lipinski definition) is 0. The second-order valence-corrected chi connectivity index (χ2v) is 12.3. The largest absolute Gasteiger partial charge is 0.451 e. The number of carbonyl (C=O) groups is 8. The number of aromatic nitrogens is 2. The molecule has 0 N–H and O–H groups in total. The van der Waals surface area contributed by atoms with Crippen molar-refractivity contribution in [1.82, 2.24) is 19.8 Å². The Balaban J connectivity index is 1.56. The Labute approximate surface area is 311 Å². The fourth-order valence-corrected chi connectivity index (χ4v) is 5.00. The zero-order valence-corrected chi connectivity index (χ0v) is 31.6. The monoisotopic (exact) mass is 807 g/mol. The number of hydrogen-bond acceptors (Lipinski definition) is 17. The Morgan fingerprint density at radius 2 is 1.04 bits per heavy atom. The van der Waals surface area contributed by atoms with Crippen LogP contribution in [0.25, 0.3) is 11.0 Å². The van der Waals surface area contributed by atoms with Gasteiger partial charge < -0.3 is 28.4 Å². The van der Waals surface area contributed by atoms with Crippen molar-refractivity contribution in [3.8, 4) is 0 Å². The lowest BCUT2D eigenvalue weighted by molar-refractivity contribution is -0.187. The topological polar surface area (TPSA) is 237 Å². The zero-order chi connectivity index (χ0) is 39.7. The Morgan fingerprint density at radius 1 is 0.623 bits per heavy atom. The first kappa shape index (κ1) is 41.9. The van der Waals surface area contributed by atoms with Gasteiger partial charge in [0, 0.05) is 39.3 Å². The molecule has 0 unspecified atom stereocenters. The van der Waals surface area contributed by atoms with Crippen molar-refractivity contribution in [2.24, 2.45) is 4.99 Å². The maximum atomic E-state index is 13.5. The summed E-state index contributed by atoms with van der Waals surface area (Å²) >= 11 is 3.46. The average Bonchev–Trinajstić information content (AvgIpc) is 3.52. The molecule has 1 aliphatic rings. The number of ether oxygens (including phenoxy) is 6. The van der Waals surface area contributed by atoms with Crippen molar-refractivity contribution in [3.63, 3.8) is 0 Å². The van der Waals surface area contributed by atoms with Crippen LogP contribution < -0.4 is 0 Å². The van der Waals surface area contributed by atoms with Gasteiger partial charge in [0.25, 0.3) is 5.91 Å². The van der Waals surface area contributed by atoms with Gasteiger partial charge in [0.15, 0.2) is 36.6 Å². The Kier molecular flexibility index (Phi) is 14.5. The molecule has 3 rings (SSSR count). The van der Waals surface area contributed by atoms with Gasteiger partial charge in [0.1, 0.15) is 5.52 Å². The lowest BCUT2D eigenvalue weighted by atomic mass is 10.2. The summed E-state index contributed by atoms with van der Waals surface area (Å²) in [5, 5.41) is 0. The molecule has 0 aliphatic carbocycles. The summed E-state index contributed by atoms with van der Waals surface area (Å²) < 4.78 is 30.2. The van der Waals surface area contributed by atoms with Gasteiger partial charge >= 0.3 is 35.8 Å². The lowest BCUT2D eigenvalue weighted by Crippen LogP contribution is -2.45. The van der Waals surface area contributed by atoms with Crippen molar-refractivity contribution in [2.75, 3.05) is 13.1 Å². The van der Waals surface area contributed by atoms with E-state index >= 15 is 0 Å². The minimum absolute atomic E-state index is 0.00583. The highest BCUT2D eigenvalue weighted by Gasteiger charge is 2.38. The van der Waals surface area contributed by atoms with Crippen LogP contribution in [-0.2, 0) is 66.8 Å². The number of guanidine groups is 1. The molecular weight excluding hydrogens is 770 g/mol. The van der Waals surface area contributed by atoms with E-state index in [1.165, 1.54) is 49.9 Å². The van der Waals surface area contributed by atoms with E-state index in [4.69, 9.17) is 23.7 Å². The first-order valence-corrected chi connectivity index (χ1v) is 16.9. The number of carbonyl (C=O) groups excluding carboxylic acids is 8. The van der Waals surface area contributed by atoms with Crippen LogP contribution in [0.4, 0.5) is 5.69 Å². The van der Waals surface area contributed by atoms with Gasteiger partial charge in [-0.2, -0.15) is 0 Å². The van der Waals surface area contributed by atoms with Crippen LogP contribution in [0.1, 0.15) is 55.4 Å². The Morgan fingerprint density at radius 3 is 1.49 bits per heavy atom. The molecule has 0 bridgehead atoms. The minimum atomic E-state index is -1.58. The van der Waals surface area contributed by atoms with E-state index in [0.29, 0.717) is 21.2 Å². The molecule has 20 heteroatoms. The number of fused-ring (bicyclic) bond motifs is 1. The highest BCUT2D eigenvalue weighted by molar-refractivity contribution is 9.10. The summed E-state index contributed by atoms with van der Waals surface area (Å²) in [4.78, 5) is 115. The molecule has 2 aromatic rings. The SMILES string of the molecule is CC(=O)O[C@@H](C)C(=O)O[C@@H](C)C(=O)O[C@@H](C)C(=O)O[C@@H](C)C(=O)O[C@@H](C)C(=O)O[C@@H](C)C(=O)N1CCN(C(C)=O)/C1=N\c1ccc2nccnc2c1Br. The van der Waals surface area contributed by atoms with E-state index in [9.17, 15) is 38.4 Å². The van der Waals surface area contributed by atoms with Crippen LogP contribution in [-0.4, -0.2) is 123 Å². The minimum Gasteiger partial charge on any atom is -0.451 e. The van der Waals surface area contributed by atoms with Crippen LogP contribution in [0.5, 0.6) is 0 Å². The predicted molar refractivity (Wildman–Crippen MR) is 182 cm³/mol. The third-order valence-corrected chi connectivity index (χ3v) is 8.05. The summed E-state index contributed by atoms with van der Waals surface area (Å²) in [7, 11) is 0. The second-order valence-electron chi connectivity index (χ2n) is 11.5. The molecule has 1 aromatic carbocycles. The molecule has 53 heavy (non-hydrogen) atoms. The van der Waals surface area contributed by atoms with Crippen molar-refractivity contribution >= 4 is 86.2 Å². The number of esters is 6. The third-order valence-electron chi connectivity index (χ3n) is 7.27. The van der Waals surface area contributed by atoms with Gasteiger partial charge in [-0.05, 0) is 69.6 Å². The summed E-state index contributed by atoms with van der Waals surface area (Å²) in [5.41, 5.74) is 1.45. The first-order chi connectivity index (χ1) is 24.8. The van der Waals surface area contributed by atoms with Crippen LogP contribution >= 0.6 is 15.9 Å². The highest BCUT2D eigenvalue weighted by atomic mass is 79.9. The molecule has 1 saturated heterocycles. The fraction of sp³-hybridized carbons (Fsp3) is 0.485. The smallest absolute Gasteiger partial charge is 0.347 e. The van der Waals surface area contributed by atoms with Gasteiger partial charge in [-0.15, -0.1) is 0 Å². The highest BCUT2D eigenvalue weighted by Crippen LogP contribution is 2.32. The maximum absolute atomic E-state index is 13.5. The molecule has 1 fully saturated rings. The number of amides is 2. The van der Waals surface area contributed by atoms with E-state index in [1.54, 1.807) is 12.1 Å². The molecule has 0 radical (unpaired) electrons. The van der Waals surface area contributed by atoms with Gasteiger partial charge in [-0.1, -0.05) is 0 Å². The molecule has 2 amide bonds. The van der Waals surface area contributed by atoms with Crippen LogP contribution in [0.15, 0.2) is 34.0 Å². The number of nitrogens with zero attached hydrogens (tertiary/aromatic N) is 5. The standard InChI is InChI=1S/C33H38BrN5O14/c1-15(27(42)39-14-13-38(21(7)40)33(39)37-23-9-10-24-26(25(23)34)36-12-11-35-24)49-29(44)17(3)51-31(46)19(5)53-32(47)20(6)52-30(45)18(4)50-28(43)16(2)48-22(8)41/h9-12,15-20H,13-14H2,1-8H3/b37-33+/t15-,16-,17-,18-,19-,20-/m0/s1. The van der Waals surface area contributed by atoms with Crippen LogP contribution in [0, 0.1) is 0 Å². The summed E-state index contributed by atoms with van der Waals surface area (Å²) in [6.45, 7) is 9.68.